The van der Waals surface area contributed by atoms with E-state index in [0.717, 1.165) is 23.4 Å². The number of likely N-dealkylation sites (N-methyl/N-ethyl adjacent to an activating group) is 1. The lowest BCUT2D eigenvalue weighted by molar-refractivity contribution is -0.127. The van der Waals surface area contributed by atoms with Crippen LogP contribution >= 0.6 is 0 Å². The smallest absolute Gasteiger partial charge is 0.268 e. The van der Waals surface area contributed by atoms with Crippen LogP contribution in [0.25, 0.3) is 0 Å². The first-order valence-corrected chi connectivity index (χ1v) is 6.79. The Labute approximate surface area is 114 Å². The van der Waals surface area contributed by atoms with Crippen molar-refractivity contribution in [1.29, 1.82) is 0 Å². The van der Waals surface area contributed by atoms with Gasteiger partial charge in [0.2, 0.25) is 0 Å². The Kier molecular flexibility index (Phi) is 3.80. The van der Waals surface area contributed by atoms with Gasteiger partial charge < -0.3 is 15.4 Å². The lowest BCUT2D eigenvalue weighted by atomic mass is 10.0. The molecule has 1 aliphatic rings. The summed E-state index contributed by atoms with van der Waals surface area (Å²) in [4.78, 5) is 13.9. The van der Waals surface area contributed by atoms with Gasteiger partial charge in [-0.3, -0.25) is 4.79 Å². The number of hydrogen-bond acceptors (Lipinski definition) is 3. The van der Waals surface area contributed by atoms with Gasteiger partial charge in [-0.2, -0.15) is 0 Å². The fourth-order valence-corrected chi connectivity index (χ4v) is 2.28. The van der Waals surface area contributed by atoms with Crippen LogP contribution in [-0.4, -0.2) is 19.1 Å². The summed E-state index contributed by atoms with van der Waals surface area (Å²) in [5, 5.41) is 0. The van der Waals surface area contributed by atoms with Gasteiger partial charge in [0.25, 0.3) is 5.91 Å². The number of nitrogens with zero attached hydrogens (tertiary/aromatic N) is 1. The summed E-state index contributed by atoms with van der Waals surface area (Å²) in [5.74, 6) is 0.915. The molecule has 0 spiro atoms. The van der Waals surface area contributed by atoms with Crippen molar-refractivity contribution in [1.82, 2.24) is 0 Å². The van der Waals surface area contributed by atoms with Gasteiger partial charge in [0.1, 0.15) is 5.75 Å². The number of benzene rings is 1. The summed E-state index contributed by atoms with van der Waals surface area (Å²) in [6.45, 7) is 6.02. The molecule has 1 aliphatic heterocycles. The van der Waals surface area contributed by atoms with Crippen LogP contribution < -0.4 is 15.4 Å². The van der Waals surface area contributed by atoms with Gasteiger partial charge in [-0.1, -0.05) is 26.8 Å². The van der Waals surface area contributed by atoms with Crippen LogP contribution in [0.15, 0.2) is 18.2 Å². The summed E-state index contributed by atoms with van der Waals surface area (Å²) >= 11 is 0. The Morgan fingerprint density at radius 3 is 2.68 bits per heavy atom. The molecule has 0 fully saturated rings. The minimum absolute atomic E-state index is 0.00313. The van der Waals surface area contributed by atoms with Crippen molar-refractivity contribution in [2.45, 2.75) is 39.3 Å². The number of fused-ring (bicyclic) bond motifs is 1. The Hall–Kier alpha value is -1.55. The highest BCUT2D eigenvalue weighted by Crippen LogP contribution is 2.36. The molecule has 0 aromatic heterocycles. The van der Waals surface area contributed by atoms with Gasteiger partial charge >= 0.3 is 0 Å². The second-order valence-corrected chi connectivity index (χ2v) is 5.42. The number of rotatable bonds is 3. The molecule has 1 heterocycles. The van der Waals surface area contributed by atoms with E-state index in [1.165, 1.54) is 0 Å². The third-order valence-corrected chi connectivity index (χ3v) is 3.65. The largest absolute Gasteiger partial charge is 0.478 e. The van der Waals surface area contributed by atoms with Crippen LogP contribution in [0.2, 0.25) is 0 Å². The van der Waals surface area contributed by atoms with Crippen LogP contribution in [0.3, 0.4) is 0 Å². The number of nitrogens with two attached hydrogens (primary N) is 1. The molecule has 2 unspecified atom stereocenters. The lowest BCUT2D eigenvalue weighted by Gasteiger charge is -2.34. The lowest BCUT2D eigenvalue weighted by Crippen LogP contribution is -2.46. The zero-order chi connectivity index (χ0) is 14.2. The van der Waals surface area contributed by atoms with Gasteiger partial charge in [0.15, 0.2) is 6.10 Å². The maximum absolute atomic E-state index is 12.2. The molecule has 4 nitrogen and oxygen atoms in total. The highest BCUT2D eigenvalue weighted by Gasteiger charge is 2.34. The minimum atomic E-state index is -0.400. The SMILES string of the molecule is CCC(N)c1ccc2c(c1)N(C)C(=O)C(C(C)C)O2. The summed E-state index contributed by atoms with van der Waals surface area (Å²) in [6.07, 6.45) is 0.467. The van der Waals surface area contributed by atoms with Gasteiger partial charge in [-0.25, -0.2) is 0 Å². The predicted molar refractivity (Wildman–Crippen MR) is 76.3 cm³/mol. The average molecular weight is 262 g/mol. The molecule has 0 radical (unpaired) electrons. The molecule has 0 bridgehead atoms. The molecule has 0 aliphatic carbocycles. The minimum Gasteiger partial charge on any atom is -0.478 e. The highest BCUT2D eigenvalue weighted by molar-refractivity contribution is 5.99. The van der Waals surface area contributed by atoms with Gasteiger partial charge in [-0.15, -0.1) is 0 Å². The third kappa shape index (κ3) is 2.45. The fourth-order valence-electron chi connectivity index (χ4n) is 2.28. The molecule has 1 aromatic rings. The maximum atomic E-state index is 12.2. The van der Waals surface area contributed by atoms with E-state index >= 15 is 0 Å². The molecule has 1 amide bonds. The maximum Gasteiger partial charge on any atom is 0.268 e. The molecule has 0 saturated heterocycles. The third-order valence-electron chi connectivity index (χ3n) is 3.65. The van der Waals surface area contributed by atoms with E-state index in [-0.39, 0.29) is 17.9 Å². The van der Waals surface area contributed by atoms with Crippen molar-refractivity contribution in [2.24, 2.45) is 11.7 Å². The predicted octanol–water partition coefficient (Wildman–Crippen LogP) is 2.48. The van der Waals surface area contributed by atoms with Crippen molar-refractivity contribution >= 4 is 11.6 Å². The summed E-state index contributed by atoms with van der Waals surface area (Å²) in [6, 6.07) is 5.85. The summed E-state index contributed by atoms with van der Waals surface area (Å²) < 4.78 is 5.81. The van der Waals surface area contributed by atoms with E-state index in [2.05, 4.69) is 0 Å². The molecule has 1 aromatic carbocycles. The van der Waals surface area contributed by atoms with Crippen molar-refractivity contribution in [3.05, 3.63) is 23.8 Å². The molecule has 104 valence electrons. The van der Waals surface area contributed by atoms with E-state index in [0.29, 0.717) is 0 Å². The average Bonchev–Trinajstić information content (AvgIpc) is 2.41. The van der Waals surface area contributed by atoms with E-state index in [1.54, 1.807) is 11.9 Å². The topological polar surface area (TPSA) is 55.6 Å². The Morgan fingerprint density at radius 2 is 2.11 bits per heavy atom. The van der Waals surface area contributed by atoms with Crippen LogP contribution in [0, 0.1) is 5.92 Å². The summed E-state index contributed by atoms with van der Waals surface area (Å²) in [7, 11) is 1.79. The number of carbonyl (C=O) groups is 1. The Bertz CT molecular complexity index is 485. The molecule has 2 atom stereocenters. The van der Waals surface area contributed by atoms with Crippen molar-refractivity contribution < 1.29 is 9.53 Å². The van der Waals surface area contributed by atoms with E-state index in [1.807, 2.05) is 39.0 Å². The standard InChI is InChI=1S/C15H22N2O2/c1-5-11(16)10-6-7-13-12(8-10)17(4)15(18)14(19-13)9(2)3/h6-9,11,14H,5,16H2,1-4H3. The quantitative estimate of drug-likeness (QED) is 0.910. The number of carbonyl (C=O) groups excluding carboxylic acids is 1. The first kappa shape index (κ1) is 13.9. The second-order valence-electron chi connectivity index (χ2n) is 5.42. The van der Waals surface area contributed by atoms with Crippen molar-refractivity contribution in [3.8, 4) is 5.75 Å². The molecule has 0 saturated carbocycles. The molecule has 4 heteroatoms. The molecular weight excluding hydrogens is 240 g/mol. The van der Waals surface area contributed by atoms with Gasteiger partial charge in [0.05, 0.1) is 5.69 Å². The normalized spacial score (nSPS) is 20.2. The zero-order valence-electron chi connectivity index (χ0n) is 12.0. The molecule has 2 N–H and O–H groups in total. The fraction of sp³-hybridized carbons (Fsp3) is 0.533. The Morgan fingerprint density at radius 1 is 1.42 bits per heavy atom. The van der Waals surface area contributed by atoms with Gasteiger partial charge in [-0.05, 0) is 30.0 Å². The van der Waals surface area contributed by atoms with Crippen molar-refractivity contribution in [2.75, 3.05) is 11.9 Å². The zero-order valence-corrected chi connectivity index (χ0v) is 12.0. The number of anilines is 1. The Balaban J connectivity index is 2.39. The number of ether oxygens (including phenoxy) is 1. The van der Waals surface area contributed by atoms with Crippen LogP contribution in [-0.2, 0) is 4.79 Å². The second kappa shape index (κ2) is 5.21. The first-order chi connectivity index (χ1) is 8.95. The monoisotopic (exact) mass is 262 g/mol. The van der Waals surface area contributed by atoms with E-state index < -0.39 is 6.10 Å². The first-order valence-electron chi connectivity index (χ1n) is 6.79. The molecule has 19 heavy (non-hydrogen) atoms. The molecule has 2 rings (SSSR count). The number of hydrogen-bond donors (Lipinski definition) is 1. The van der Waals surface area contributed by atoms with E-state index in [4.69, 9.17) is 10.5 Å². The van der Waals surface area contributed by atoms with Crippen LogP contribution in [0.4, 0.5) is 5.69 Å². The number of amides is 1. The van der Waals surface area contributed by atoms with Crippen LogP contribution in [0.1, 0.15) is 38.8 Å². The van der Waals surface area contributed by atoms with Crippen molar-refractivity contribution in [3.63, 3.8) is 0 Å². The van der Waals surface area contributed by atoms with Crippen LogP contribution in [0.5, 0.6) is 5.75 Å². The summed E-state index contributed by atoms with van der Waals surface area (Å²) in [5.41, 5.74) is 7.88. The highest BCUT2D eigenvalue weighted by atomic mass is 16.5. The van der Waals surface area contributed by atoms with Gasteiger partial charge in [0, 0.05) is 13.1 Å². The molecular formula is C15H22N2O2. The van der Waals surface area contributed by atoms with E-state index in [9.17, 15) is 4.79 Å².